The zero-order chi connectivity index (χ0) is 20.2. The summed E-state index contributed by atoms with van der Waals surface area (Å²) in [5.74, 6) is 1.86. The molecule has 1 amide bonds. The summed E-state index contributed by atoms with van der Waals surface area (Å²) in [4.78, 5) is 26.7. The molecule has 1 fully saturated rings. The molecule has 4 rings (SSSR count). The van der Waals surface area contributed by atoms with Crippen LogP contribution in [0, 0.1) is 5.92 Å². The average molecular weight is 413 g/mol. The Hall–Kier alpha value is -2.87. The van der Waals surface area contributed by atoms with Gasteiger partial charge in [-0.3, -0.25) is 4.79 Å². The highest BCUT2D eigenvalue weighted by Crippen LogP contribution is 2.23. The fraction of sp³-hybridized carbons (Fsp3) is 0.381. The summed E-state index contributed by atoms with van der Waals surface area (Å²) in [5, 5.41) is 9.61. The highest BCUT2D eigenvalue weighted by molar-refractivity contribution is 7.12. The molecular formula is C21H24N4O3S. The van der Waals surface area contributed by atoms with E-state index < -0.39 is 6.10 Å². The Labute approximate surface area is 172 Å². The lowest BCUT2D eigenvalue weighted by atomic mass is 9.93. The molecule has 8 heteroatoms. The van der Waals surface area contributed by atoms with E-state index in [9.17, 15) is 9.59 Å². The van der Waals surface area contributed by atoms with Crippen LogP contribution in [0.5, 0.6) is 5.75 Å². The molecule has 1 unspecified atom stereocenters. The Morgan fingerprint density at radius 1 is 1.24 bits per heavy atom. The number of amides is 1. The summed E-state index contributed by atoms with van der Waals surface area (Å²) >= 11 is 1.52. The van der Waals surface area contributed by atoms with Gasteiger partial charge in [0.15, 0.2) is 6.10 Å². The van der Waals surface area contributed by atoms with Crippen LogP contribution in [0.2, 0.25) is 0 Å². The number of hydrogen-bond acceptors (Lipinski definition) is 5. The number of para-hydroxylation sites is 1. The molecule has 29 heavy (non-hydrogen) atoms. The number of rotatable bonds is 6. The molecule has 1 aliphatic rings. The van der Waals surface area contributed by atoms with Crippen LogP contribution in [0.3, 0.4) is 0 Å². The predicted octanol–water partition coefficient (Wildman–Crippen LogP) is 2.87. The minimum atomic E-state index is -0.510. The summed E-state index contributed by atoms with van der Waals surface area (Å²) in [7, 11) is 0. The molecule has 1 atom stereocenters. The van der Waals surface area contributed by atoms with Crippen molar-refractivity contribution in [3.05, 3.63) is 64.2 Å². The molecule has 2 aromatic heterocycles. The minimum absolute atomic E-state index is 0.0163. The topological polar surface area (TPSA) is 80.2 Å². The quantitative estimate of drug-likeness (QED) is 0.675. The number of aromatic amines is 1. The van der Waals surface area contributed by atoms with Crippen molar-refractivity contribution in [1.29, 1.82) is 0 Å². The van der Waals surface area contributed by atoms with Crippen molar-refractivity contribution in [2.45, 2.75) is 32.3 Å². The number of H-pyrrole nitrogens is 1. The van der Waals surface area contributed by atoms with E-state index in [1.54, 1.807) is 11.5 Å². The number of benzene rings is 1. The van der Waals surface area contributed by atoms with Crippen LogP contribution in [0.15, 0.2) is 52.6 Å². The molecule has 0 spiro atoms. The maximum absolute atomic E-state index is 12.7. The van der Waals surface area contributed by atoms with Crippen molar-refractivity contribution in [3.8, 4) is 10.8 Å². The van der Waals surface area contributed by atoms with Crippen LogP contribution in [0.4, 0.5) is 0 Å². The minimum Gasteiger partial charge on any atom is -0.481 e. The first-order valence-electron chi connectivity index (χ1n) is 9.82. The van der Waals surface area contributed by atoms with E-state index in [2.05, 4.69) is 10.2 Å². The van der Waals surface area contributed by atoms with Gasteiger partial charge in [-0.1, -0.05) is 18.2 Å². The van der Waals surface area contributed by atoms with Crippen LogP contribution in [0.25, 0.3) is 5.00 Å². The van der Waals surface area contributed by atoms with Gasteiger partial charge in [-0.2, -0.15) is 5.10 Å². The average Bonchev–Trinajstić information content (AvgIpc) is 3.38. The first-order chi connectivity index (χ1) is 14.1. The maximum atomic E-state index is 12.7. The molecule has 0 radical (unpaired) electrons. The molecule has 0 bridgehead atoms. The molecular weight excluding hydrogens is 388 g/mol. The third-order valence-electron chi connectivity index (χ3n) is 5.27. The van der Waals surface area contributed by atoms with Gasteiger partial charge in [0.1, 0.15) is 16.6 Å². The van der Waals surface area contributed by atoms with E-state index in [1.807, 2.05) is 52.7 Å². The SMILES string of the molecule is CC(Oc1ccccc1)C(=O)N1CCC(Cc2n[nH]c(=O)n2-c2cccs2)CC1. The second-order valence-corrected chi connectivity index (χ2v) is 8.20. The first kappa shape index (κ1) is 19.4. The number of likely N-dealkylation sites (tertiary alicyclic amines) is 1. The number of nitrogens with one attached hydrogen (secondary N) is 1. The first-order valence-corrected chi connectivity index (χ1v) is 10.7. The predicted molar refractivity (Wildman–Crippen MR) is 112 cm³/mol. The van der Waals surface area contributed by atoms with Gasteiger partial charge in [0.05, 0.1) is 0 Å². The fourth-order valence-electron chi connectivity index (χ4n) is 3.72. The summed E-state index contributed by atoms with van der Waals surface area (Å²) in [5.41, 5.74) is -0.207. The van der Waals surface area contributed by atoms with Crippen LogP contribution >= 0.6 is 11.3 Å². The van der Waals surface area contributed by atoms with Crippen LogP contribution in [-0.4, -0.2) is 44.8 Å². The normalized spacial score (nSPS) is 16.0. The lowest BCUT2D eigenvalue weighted by molar-refractivity contribution is -0.139. The third kappa shape index (κ3) is 4.42. The van der Waals surface area contributed by atoms with Gasteiger partial charge in [0.25, 0.3) is 5.91 Å². The molecule has 1 aliphatic heterocycles. The summed E-state index contributed by atoms with van der Waals surface area (Å²) in [6, 6.07) is 13.2. The summed E-state index contributed by atoms with van der Waals surface area (Å²) < 4.78 is 7.42. The Morgan fingerprint density at radius 2 is 2.00 bits per heavy atom. The van der Waals surface area contributed by atoms with Crippen molar-refractivity contribution in [1.82, 2.24) is 19.7 Å². The maximum Gasteiger partial charge on any atom is 0.348 e. The second-order valence-electron chi connectivity index (χ2n) is 7.28. The van der Waals surface area contributed by atoms with Gasteiger partial charge in [-0.05, 0) is 55.3 Å². The molecule has 0 saturated carbocycles. The van der Waals surface area contributed by atoms with E-state index >= 15 is 0 Å². The molecule has 1 aromatic carbocycles. The number of aromatic nitrogens is 3. The lowest BCUT2D eigenvalue weighted by Crippen LogP contribution is -2.45. The fourth-order valence-corrected chi connectivity index (χ4v) is 4.46. The Balaban J connectivity index is 1.33. The molecule has 1 saturated heterocycles. The smallest absolute Gasteiger partial charge is 0.348 e. The Bertz CT molecular complexity index is 989. The van der Waals surface area contributed by atoms with E-state index in [-0.39, 0.29) is 11.6 Å². The van der Waals surface area contributed by atoms with E-state index in [0.717, 1.165) is 30.1 Å². The van der Waals surface area contributed by atoms with E-state index in [1.165, 1.54) is 11.3 Å². The molecule has 3 aromatic rings. The van der Waals surface area contributed by atoms with E-state index in [4.69, 9.17) is 4.74 Å². The van der Waals surface area contributed by atoms with Gasteiger partial charge < -0.3 is 9.64 Å². The largest absolute Gasteiger partial charge is 0.481 e. The summed E-state index contributed by atoms with van der Waals surface area (Å²) in [6.07, 6.45) is 1.98. The Kier molecular flexibility index (Phi) is 5.80. The molecule has 3 heterocycles. The number of carbonyl (C=O) groups excluding carboxylic acids is 1. The van der Waals surface area contributed by atoms with Crippen molar-refractivity contribution in [3.63, 3.8) is 0 Å². The van der Waals surface area contributed by atoms with Gasteiger partial charge >= 0.3 is 5.69 Å². The number of carbonyl (C=O) groups is 1. The molecule has 0 aliphatic carbocycles. The highest BCUT2D eigenvalue weighted by atomic mass is 32.1. The number of thiophene rings is 1. The van der Waals surface area contributed by atoms with Crippen LogP contribution < -0.4 is 10.4 Å². The number of ether oxygens (including phenoxy) is 1. The van der Waals surface area contributed by atoms with Crippen molar-refractivity contribution >= 4 is 17.2 Å². The second kappa shape index (κ2) is 8.65. The van der Waals surface area contributed by atoms with Gasteiger partial charge in [-0.25, -0.2) is 14.5 Å². The molecule has 1 N–H and O–H groups in total. The zero-order valence-electron chi connectivity index (χ0n) is 16.3. The van der Waals surface area contributed by atoms with Crippen molar-refractivity contribution in [2.75, 3.05) is 13.1 Å². The third-order valence-corrected chi connectivity index (χ3v) is 6.12. The summed E-state index contributed by atoms with van der Waals surface area (Å²) in [6.45, 7) is 3.18. The monoisotopic (exact) mass is 412 g/mol. The standard InChI is InChI=1S/C21H24N4O3S/c1-15(28-17-6-3-2-4-7-17)20(26)24-11-9-16(10-12-24)14-18-22-23-21(27)25(18)19-8-5-13-29-19/h2-8,13,15-16H,9-12,14H2,1H3,(H,23,27). The molecule has 152 valence electrons. The number of piperidine rings is 1. The van der Waals surface area contributed by atoms with Crippen molar-refractivity contribution in [2.24, 2.45) is 5.92 Å². The molecule has 7 nitrogen and oxygen atoms in total. The van der Waals surface area contributed by atoms with Crippen molar-refractivity contribution < 1.29 is 9.53 Å². The van der Waals surface area contributed by atoms with Gasteiger partial charge in [-0.15, -0.1) is 11.3 Å². The zero-order valence-corrected chi connectivity index (χ0v) is 17.1. The van der Waals surface area contributed by atoms with E-state index in [0.29, 0.717) is 24.8 Å². The number of hydrogen-bond donors (Lipinski definition) is 1. The lowest BCUT2D eigenvalue weighted by Gasteiger charge is -2.33. The number of nitrogens with zero attached hydrogens (tertiary/aromatic N) is 3. The van der Waals surface area contributed by atoms with Crippen LogP contribution in [0.1, 0.15) is 25.6 Å². The van der Waals surface area contributed by atoms with Gasteiger partial charge in [0, 0.05) is 19.5 Å². The van der Waals surface area contributed by atoms with Gasteiger partial charge in [0.2, 0.25) is 0 Å². The van der Waals surface area contributed by atoms with Crippen LogP contribution in [-0.2, 0) is 11.2 Å². The highest BCUT2D eigenvalue weighted by Gasteiger charge is 2.28. The Morgan fingerprint density at radius 3 is 2.69 bits per heavy atom.